The molecule has 1 atom stereocenters. The van der Waals surface area contributed by atoms with Crippen LogP contribution in [0, 0.1) is 0 Å². The molecule has 1 rings (SSSR count). The van der Waals surface area contributed by atoms with Crippen molar-refractivity contribution in [1.29, 1.82) is 0 Å². The Bertz CT molecular complexity index is 142. The van der Waals surface area contributed by atoms with E-state index in [9.17, 15) is 4.79 Å². The van der Waals surface area contributed by atoms with E-state index in [0.717, 1.165) is 0 Å². The van der Waals surface area contributed by atoms with Crippen molar-refractivity contribution in [2.45, 2.75) is 12.5 Å². The van der Waals surface area contributed by atoms with Gasteiger partial charge in [0.2, 0.25) is 0 Å². The van der Waals surface area contributed by atoms with Crippen LogP contribution in [0.5, 0.6) is 0 Å². The summed E-state index contributed by atoms with van der Waals surface area (Å²) in [6.07, 6.45) is 1.99. The number of carbonyl (C=O) groups is 1. The van der Waals surface area contributed by atoms with Gasteiger partial charge in [-0.1, -0.05) is 6.08 Å². The second-order valence-electron chi connectivity index (χ2n) is 2.13. The molecule has 0 amide bonds. The third-order valence-corrected chi connectivity index (χ3v) is 1.27. The predicted octanol–water partition coefficient (Wildman–Crippen LogP) is 0.505. The lowest BCUT2D eigenvalue weighted by Gasteiger charge is -2.03. The van der Waals surface area contributed by atoms with Crippen molar-refractivity contribution in [3.63, 3.8) is 0 Å². The minimum absolute atomic E-state index is 0.0505. The average molecular weight is 142 g/mol. The Kier molecular flexibility index (Phi) is 2.45. The molecule has 0 radical (unpaired) electrons. The van der Waals surface area contributed by atoms with Gasteiger partial charge in [-0.2, -0.15) is 0 Å². The van der Waals surface area contributed by atoms with Gasteiger partial charge in [0.1, 0.15) is 12.7 Å². The SMILES string of the molecule is C=CCOC1COC(=O)C1. The molecule has 0 aromatic rings. The van der Waals surface area contributed by atoms with Crippen molar-refractivity contribution in [2.24, 2.45) is 0 Å². The van der Waals surface area contributed by atoms with Gasteiger partial charge >= 0.3 is 5.97 Å². The first-order valence-electron chi connectivity index (χ1n) is 3.21. The van der Waals surface area contributed by atoms with Crippen molar-refractivity contribution < 1.29 is 14.3 Å². The van der Waals surface area contributed by atoms with Crippen LogP contribution in [0.4, 0.5) is 0 Å². The first-order valence-corrected chi connectivity index (χ1v) is 3.21. The van der Waals surface area contributed by atoms with Crippen LogP contribution in [0.1, 0.15) is 6.42 Å². The predicted molar refractivity (Wildman–Crippen MR) is 35.5 cm³/mol. The molecule has 3 heteroatoms. The van der Waals surface area contributed by atoms with E-state index in [1.54, 1.807) is 6.08 Å². The number of rotatable bonds is 3. The molecule has 0 saturated carbocycles. The van der Waals surface area contributed by atoms with Gasteiger partial charge in [-0.25, -0.2) is 0 Å². The molecule has 1 heterocycles. The zero-order chi connectivity index (χ0) is 7.40. The molecule has 1 unspecified atom stereocenters. The van der Waals surface area contributed by atoms with Crippen LogP contribution in [-0.2, 0) is 14.3 Å². The van der Waals surface area contributed by atoms with Crippen LogP contribution in [0.15, 0.2) is 12.7 Å². The molecule has 3 nitrogen and oxygen atoms in total. The molecule has 0 N–H and O–H groups in total. The monoisotopic (exact) mass is 142 g/mol. The average Bonchev–Trinajstić information content (AvgIpc) is 2.31. The molecule has 0 spiro atoms. The Labute approximate surface area is 59.6 Å². The lowest BCUT2D eigenvalue weighted by Crippen LogP contribution is -2.11. The minimum atomic E-state index is -0.172. The highest BCUT2D eigenvalue weighted by atomic mass is 16.6. The molecule has 1 aliphatic rings. The molecule has 56 valence electrons. The van der Waals surface area contributed by atoms with E-state index < -0.39 is 0 Å². The highest BCUT2D eigenvalue weighted by Crippen LogP contribution is 2.09. The topological polar surface area (TPSA) is 35.5 Å². The lowest BCUT2D eigenvalue weighted by atomic mass is 10.3. The minimum Gasteiger partial charge on any atom is -0.463 e. The Morgan fingerprint density at radius 1 is 1.90 bits per heavy atom. The van der Waals surface area contributed by atoms with Gasteiger partial charge < -0.3 is 9.47 Å². The fourth-order valence-corrected chi connectivity index (χ4v) is 0.801. The normalized spacial score (nSPS) is 24.4. The molecular formula is C7H10O3. The second kappa shape index (κ2) is 3.37. The highest BCUT2D eigenvalue weighted by molar-refractivity contribution is 5.71. The lowest BCUT2D eigenvalue weighted by molar-refractivity contribution is -0.137. The first kappa shape index (κ1) is 7.28. The highest BCUT2D eigenvalue weighted by Gasteiger charge is 2.23. The van der Waals surface area contributed by atoms with Crippen LogP contribution in [-0.4, -0.2) is 25.3 Å². The zero-order valence-electron chi connectivity index (χ0n) is 5.71. The summed E-state index contributed by atoms with van der Waals surface area (Å²) in [7, 11) is 0. The van der Waals surface area contributed by atoms with Crippen molar-refractivity contribution in [3.05, 3.63) is 12.7 Å². The maximum atomic E-state index is 10.5. The van der Waals surface area contributed by atoms with E-state index in [1.807, 2.05) is 0 Å². The number of hydrogen-bond donors (Lipinski definition) is 0. The summed E-state index contributed by atoms with van der Waals surface area (Å²) in [6, 6.07) is 0. The van der Waals surface area contributed by atoms with Gasteiger partial charge in [0.15, 0.2) is 0 Å². The van der Waals surface area contributed by atoms with Crippen LogP contribution in [0.3, 0.4) is 0 Å². The Hall–Kier alpha value is -0.830. The number of esters is 1. The number of cyclic esters (lactones) is 1. The molecule has 0 bridgehead atoms. The molecule has 1 fully saturated rings. The Morgan fingerprint density at radius 2 is 2.70 bits per heavy atom. The van der Waals surface area contributed by atoms with Gasteiger partial charge in [-0.05, 0) is 0 Å². The van der Waals surface area contributed by atoms with Crippen LogP contribution in [0.25, 0.3) is 0 Å². The Morgan fingerprint density at radius 3 is 3.20 bits per heavy atom. The van der Waals surface area contributed by atoms with E-state index in [-0.39, 0.29) is 12.1 Å². The van der Waals surface area contributed by atoms with Gasteiger partial charge in [0.25, 0.3) is 0 Å². The fourth-order valence-electron chi connectivity index (χ4n) is 0.801. The summed E-state index contributed by atoms with van der Waals surface area (Å²) in [6.45, 7) is 4.37. The van der Waals surface area contributed by atoms with Crippen molar-refractivity contribution in [1.82, 2.24) is 0 Å². The quantitative estimate of drug-likeness (QED) is 0.425. The van der Waals surface area contributed by atoms with Gasteiger partial charge in [0.05, 0.1) is 13.0 Å². The van der Waals surface area contributed by atoms with Gasteiger partial charge in [-0.3, -0.25) is 4.79 Å². The van der Waals surface area contributed by atoms with E-state index >= 15 is 0 Å². The third kappa shape index (κ3) is 1.84. The maximum Gasteiger partial charge on any atom is 0.308 e. The van der Waals surface area contributed by atoms with Crippen molar-refractivity contribution >= 4 is 5.97 Å². The van der Waals surface area contributed by atoms with E-state index in [4.69, 9.17) is 4.74 Å². The molecule has 1 aliphatic heterocycles. The van der Waals surface area contributed by atoms with Crippen LogP contribution in [0.2, 0.25) is 0 Å². The number of hydrogen-bond acceptors (Lipinski definition) is 3. The van der Waals surface area contributed by atoms with E-state index in [2.05, 4.69) is 11.3 Å². The Balaban J connectivity index is 2.18. The molecule has 0 aromatic carbocycles. The molecular weight excluding hydrogens is 132 g/mol. The molecule has 0 aromatic heterocycles. The summed E-state index contributed by atoms with van der Waals surface area (Å²) in [5, 5.41) is 0. The van der Waals surface area contributed by atoms with Crippen LogP contribution >= 0.6 is 0 Å². The van der Waals surface area contributed by atoms with Crippen molar-refractivity contribution in [3.8, 4) is 0 Å². The summed E-state index contributed by atoms with van der Waals surface area (Å²) in [5.74, 6) is -0.172. The second-order valence-corrected chi connectivity index (χ2v) is 2.13. The molecule has 10 heavy (non-hydrogen) atoms. The van der Waals surface area contributed by atoms with Gasteiger partial charge in [-0.15, -0.1) is 6.58 Å². The molecule has 0 aliphatic carbocycles. The fraction of sp³-hybridized carbons (Fsp3) is 0.571. The van der Waals surface area contributed by atoms with Gasteiger partial charge in [0, 0.05) is 0 Å². The van der Waals surface area contributed by atoms with E-state index in [1.165, 1.54) is 0 Å². The van der Waals surface area contributed by atoms with E-state index in [0.29, 0.717) is 19.6 Å². The van der Waals surface area contributed by atoms with Crippen LogP contribution < -0.4 is 0 Å². The van der Waals surface area contributed by atoms with Crippen molar-refractivity contribution in [2.75, 3.05) is 13.2 Å². The summed E-state index contributed by atoms with van der Waals surface area (Å²) in [5.41, 5.74) is 0. The number of carbonyl (C=O) groups excluding carboxylic acids is 1. The summed E-state index contributed by atoms with van der Waals surface area (Å²) < 4.78 is 9.82. The maximum absolute atomic E-state index is 10.5. The largest absolute Gasteiger partial charge is 0.463 e. The smallest absolute Gasteiger partial charge is 0.308 e. The number of ether oxygens (including phenoxy) is 2. The summed E-state index contributed by atoms with van der Waals surface area (Å²) >= 11 is 0. The first-order chi connectivity index (χ1) is 4.83. The zero-order valence-corrected chi connectivity index (χ0v) is 5.71. The standard InChI is InChI=1S/C7H10O3/c1-2-3-9-6-4-7(8)10-5-6/h2,6H,1,3-5H2. The molecule has 1 saturated heterocycles. The summed E-state index contributed by atoms with van der Waals surface area (Å²) in [4.78, 5) is 10.5. The third-order valence-electron chi connectivity index (χ3n) is 1.27.